The van der Waals surface area contributed by atoms with E-state index in [1.807, 2.05) is 19.9 Å². The van der Waals surface area contributed by atoms with Crippen molar-refractivity contribution >= 4 is 10.0 Å². The molecule has 19 heavy (non-hydrogen) atoms. The second-order valence-electron chi connectivity index (χ2n) is 4.72. The van der Waals surface area contributed by atoms with Crippen LogP contribution in [0.15, 0.2) is 23.4 Å². The molecule has 1 N–H and O–H groups in total. The molecule has 1 heterocycles. The third-order valence-corrected chi connectivity index (χ3v) is 5.16. The van der Waals surface area contributed by atoms with Crippen molar-refractivity contribution in [3.8, 4) is 0 Å². The van der Waals surface area contributed by atoms with Crippen LogP contribution in [0.5, 0.6) is 0 Å². The number of hydrogen-bond acceptors (Lipinski definition) is 4. The fraction of sp³-hybridized carbons (Fsp3) is 0.615. The molecule has 0 aromatic carbocycles. The Morgan fingerprint density at radius 2 is 2.11 bits per heavy atom. The Morgan fingerprint density at radius 3 is 2.58 bits per heavy atom. The summed E-state index contributed by atoms with van der Waals surface area (Å²) in [5, 5.41) is 3.34. The van der Waals surface area contributed by atoms with Gasteiger partial charge in [0.1, 0.15) is 0 Å². The lowest BCUT2D eigenvalue weighted by Gasteiger charge is -2.19. The lowest BCUT2D eigenvalue weighted by atomic mass is 10.3. The van der Waals surface area contributed by atoms with Crippen LogP contribution in [0.4, 0.5) is 0 Å². The van der Waals surface area contributed by atoms with Crippen LogP contribution >= 0.6 is 0 Å². The van der Waals surface area contributed by atoms with Crippen LogP contribution < -0.4 is 5.32 Å². The smallest absolute Gasteiger partial charge is 0.260 e. The van der Waals surface area contributed by atoms with Crippen LogP contribution in [0.2, 0.25) is 0 Å². The summed E-state index contributed by atoms with van der Waals surface area (Å²) in [6.45, 7) is 6.00. The molecular weight excluding hydrogens is 262 g/mol. The average molecular weight is 283 g/mol. The summed E-state index contributed by atoms with van der Waals surface area (Å²) >= 11 is 0. The molecule has 0 aliphatic heterocycles. The van der Waals surface area contributed by atoms with Crippen LogP contribution in [0, 0.1) is 0 Å². The van der Waals surface area contributed by atoms with Gasteiger partial charge in [0.15, 0.2) is 5.03 Å². The second kappa shape index (κ2) is 5.98. The molecular formula is C13H21N3O2S. The largest absolute Gasteiger partial charge is 0.313 e. The maximum atomic E-state index is 12.4. The minimum absolute atomic E-state index is 0.154. The highest BCUT2D eigenvalue weighted by Crippen LogP contribution is 2.31. The van der Waals surface area contributed by atoms with Gasteiger partial charge in [0, 0.05) is 25.3 Å². The molecule has 1 fully saturated rings. The molecule has 106 valence electrons. The Hall–Kier alpha value is -0.980. The van der Waals surface area contributed by atoms with Crippen molar-refractivity contribution in [1.82, 2.24) is 14.6 Å². The first kappa shape index (κ1) is 14.4. The summed E-state index contributed by atoms with van der Waals surface area (Å²) in [4.78, 5) is 4.11. The Bertz CT molecular complexity index is 509. The highest BCUT2D eigenvalue weighted by molar-refractivity contribution is 7.89. The van der Waals surface area contributed by atoms with Crippen molar-refractivity contribution in [1.29, 1.82) is 0 Å². The molecule has 0 atom stereocenters. The quantitative estimate of drug-likeness (QED) is 0.821. The first-order valence-electron chi connectivity index (χ1n) is 6.77. The van der Waals surface area contributed by atoms with E-state index in [1.165, 1.54) is 0 Å². The Labute approximate surface area is 115 Å². The number of aromatic nitrogens is 1. The standard InChI is InChI=1S/C13H21N3O2S/c1-3-14-9-11-5-8-13(15-10-11)19(17,18)16(4-2)12-6-7-12/h5,8,10,12,14H,3-4,6-7,9H2,1-2H3. The molecule has 1 aromatic rings. The van der Waals surface area contributed by atoms with E-state index in [2.05, 4.69) is 10.3 Å². The van der Waals surface area contributed by atoms with Gasteiger partial charge in [0.25, 0.3) is 10.0 Å². The Balaban J connectivity index is 2.16. The minimum atomic E-state index is -3.42. The number of pyridine rings is 1. The van der Waals surface area contributed by atoms with E-state index in [9.17, 15) is 8.42 Å². The third kappa shape index (κ3) is 3.32. The fourth-order valence-corrected chi connectivity index (χ4v) is 3.65. The van der Waals surface area contributed by atoms with Crippen LogP contribution in [0.3, 0.4) is 0 Å². The summed E-state index contributed by atoms with van der Waals surface area (Å²) in [5.41, 5.74) is 0.996. The SMILES string of the molecule is CCNCc1ccc(S(=O)(=O)N(CC)C2CC2)nc1. The molecule has 0 radical (unpaired) electrons. The number of nitrogens with zero attached hydrogens (tertiary/aromatic N) is 2. The van der Waals surface area contributed by atoms with Gasteiger partial charge in [0.05, 0.1) is 0 Å². The van der Waals surface area contributed by atoms with E-state index in [0.29, 0.717) is 13.1 Å². The molecule has 0 unspecified atom stereocenters. The molecule has 1 aliphatic rings. The third-order valence-electron chi connectivity index (χ3n) is 3.22. The molecule has 2 rings (SSSR count). The van der Waals surface area contributed by atoms with E-state index in [-0.39, 0.29) is 11.1 Å². The summed E-state index contributed by atoms with van der Waals surface area (Å²) in [5.74, 6) is 0. The van der Waals surface area contributed by atoms with Gasteiger partial charge in [-0.05, 0) is 31.0 Å². The van der Waals surface area contributed by atoms with Crippen molar-refractivity contribution in [2.45, 2.75) is 44.3 Å². The predicted octanol–water partition coefficient (Wildman–Crippen LogP) is 1.36. The zero-order valence-electron chi connectivity index (χ0n) is 11.5. The average Bonchev–Trinajstić information content (AvgIpc) is 3.22. The zero-order valence-corrected chi connectivity index (χ0v) is 12.3. The first-order chi connectivity index (χ1) is 9.09. The van der Waals surface area contributed by atoms with Gasteiger partial charge in [-0.3, -0.25) is 0 Å². The number of nitrogens with one attached hydrogen (secondary N) is 1. The lowest BCUT2D eigenvalue weighted by molar-refractivity contribution is 0.419. The lowest BCUT2D eigenvalue weighted by Crippen LogP contribution is -2.33. The Kier molecular flexibility index (Phi) is 4.54. The highest BCUT2D eigenvalue weighted by Gasteiger charge is 2.37. The summed E-state index contributed by atoms with van der Waals surface area (Å²) in [7, 11) is -3.42. The highest BCUT2D eigenvalue weighted by atomic mass is 32.2. The van der Waals surface area contributed by atoms with E-state index in [1.54, 1.807) is 16.6 Å². The van der Waals surface area contributed by atoms with Gasteiger partial charge >= 0.3 is 0 Å². The molecule has 1 saturated carbocycles. The normalized spacial score (nSPS) is 15.9. The Morgan fingerprint density at radius 1 is 1.37 bits per heavy atom. The molecule has 0 amide bonds. The van der Waals surface area contributed by atoms with Gasteiger partial charge < -0.3 is 5.32 Å². The van der Waals surface area contributed by atoms with Crippen LogP contribution in [0.25, 0.3) is 0 Å². The van der Waals surface area contributed by atoms with Gasteiger partial charge in [-0.2, -0.15) is 4.31 Å². The predicted molar refractivity (Wildman–Crippen MR) is 74.2 cm³/mol. The number of rotatable bonds is 7. The van der Waals surface area contributed by atoms with Crippen molar-refractivity contribution in [2.75, 3.05) is 13.1 Å². The first-order valence-corrected chi connectivity index (χ1v) is 8.21. The molecule has 0 bridgehead atoms. The zero-order chi connectivity index (χ0) is 13.9. The maximum Gasteiger partial charge on any atom is 0.260 e. The van der Waals surface area contributed by atoms with Gasteiger partial charge in [-0.25, -0.2) is 13.4 Å². The minimum Gasteiger partial charge on any atom is -0.313 e. The van der Waals surface area contributed by atoms with E-state index < -0.39 is 10.0 Å². The van der Waals surface area contributed by atoms with E-state index >= 15 is 0 Å². The van der Waals surface area contributed by atoms with Crippen LogP contribution in [-0.4, -0.2) is 36.8 Å². The van der Waals surface area contributed by atoms with Crippen LogP contribution in [-0.2, 0) is 16.6 Å². The van der Waals surface area contributed by atoms with Crippen molar-refractivity contribution in [3.63, 3.8) is 0 Å². The van der Waals surface area contributed by atoms with Gasteiger partial charge in [-0.1, -0.05) is 19.9 Å². The maximum absolute atomic E-state index is 12.4. The van der Waals surface area contributed by atoms with Crippen molar-refractivity contribution in [2.24, 2.45) is 0 Å². The monoisotopic (exact) mass is 283 g/mol. The van der Waals surface area contributed by atoms with Crippen molar-refractivity contribution < 1.29 is 8.42 Å². The molecule has 1 aliphatic carbocycles. The van der Waals surface area contributed by atoms with Crippen LogP contribution in [0.1, 0.15) is 32.3 Å². The summed E-state index contributed by atoms with van der Waals surface area (Å²) < 4.78 is 26.4. The molecule has 0 spiro atoms. The van der Waals surface area contributed by atoms with Crippen molar-refractivity contribution in [3.05, 3.63) is 23.9 Å². The number of hydrogen-bond donors (Lipinski definition) is 1. The topological polar surface area (TPSA) is 62.3 Å². The summed E-state index contributed by atoms with van der Waals surface area (Å²) in [6.07, 6.45) is 3.56. The van der Waals surface area contributed by atoms with E-state index in [4.69, 9.17) is 0 Å². The molecule has 6 heteroatoms. The second-order valence-corrected chi connectivity index (χ2v) is 6.56. The summed E-state index contributed by atoms with van der Waals surface area (Å²) in [6, 6.07) is 3.61. The molecule has 5 nitrogen and oxygen atoms in total. The molecule has 0 saturated heterocycles. The molecule has 1 aromatic heterocycles. The van der Waals surface area contributed by atoms with Gasteiger partial charge in [-0.15, -0.1) is 0 Å². The van der Waals surface area contributed by atoms with Gasteiger partial charge in [0.2, 0.25) is 0 Å². The fourth-order valence-electron chi connectivity index (χ4n) is 2.04. The number of sulfonamides is 1. The van der Waals surface area contributed by atoms with E-state index in [0.717, 1.165) is 24.9 Å².